The summed E-state index contributed by atoms with van der Waals surface area (Å²) < 4.78 is 5.20. The molecule has 1 saturated heterocycles. The van der Waals surface area contributed by atoms with Crippen molar-refractivity contribution in [2.45, 2.75) is 44.3 Å². The Morgan fingerprint density at radius 1 is 1.09 bits per heavy atom. The standard InChI is InChI=1S/C7H15NO3/c1-3-6(9)5(8)7(10)4(2)11-3/h3-7,9-10H,8H2,1-2H3/t3-,4-,5?,6-,7+/m0/s1. The summed E-state index contributed by atoms with van der Waals surface area (Å²) in [5.41, 5.74) is 5.52. The minimum Gasteiger partial charge on any atom is -0.389 e. The molecule has 5 atom stereocenters. The summed E-state index contributed by atoms with van der Waals surface area (Å²) >= 11 is 0. The van der Waals surface area contributed by atoms with Crippen LogP contribution in [0.2, 0.25) is 0 Å². The number of aliphatic hydroxyl groups is 2. The topological polar surface area (TPSA) is 75.7 Å². The Balaban J connectivity index is 2.63. The Bertz CT molecular complexity index is 128. The molecule has 0 saturated carbocycles. The van der Waals surface area contributed by atoms with E-state index in [1.807, 2.05) is 0 Å². The highest BCUT2D eigenvalue weighted by Gasteiger charge is 2.38. The zero-order chi connectivity index (χ0) is 8.59. The van der Waals surface area contributed by atoms with E-state index in [4.69, 9.17) is 10.5 Å². The van der Waals surface area contributed by atoms with Gasteiger partial charge in [-0.15, -0.1) is 0 Å². The third-order valence-electron chi connectivity index (χ3n) is 2.18. The fourth-order valence-corrected chi connectivity index (χ4v) is 1.33. The van der Waals surface area contributed by atoms with Crippen LogP contribution in [-0.2, 0) is 4.74 Å². The Morgan fingerprint density at radius 2 is 1.45 bits per heavy atom. The third kappa shape index (κ3) is 1.54. The second-order valence-electron chi connectivity index (χ2n) is 3.10. The molecule has 0 aromatic carbocycles. The van der Waals surface area contributed by atoms with E-state index in [1.165, 1.54) is 0 Å². The lowest BCUT2D eigenvalue weighted by molar-refractivity contribution is -0.165. The van der Waals surface area contributed by atoms with Gasteiger partial charge in [-0.25, -0.2) is 0 Å². The molecule has 1 fully saturated rings. The van der Waals surface area contributed by atoms with Crippen LogP contribution in [0.15, 0.2) is 0 Å². The first-order valence-electron chi connectivity index (χ1n) is 3.81. The molecule has 4 heteroatoms. The molecule has 1 aliphatic rings. The first kappa shape index (κ1) is 8.93. The van der Waals surface area contributed by atoms with Crippen molar-refractivity contribution in [3.8, 4) is 0 Å². The lowest BCUT2D eigenvalue weighted by atomic mass is 9.95. The Hall–Kier alpha value is -0.160. The van der Waals surface area contributed by atoms with E-state index in [2.05, 4.69) is 0 Å². The van der Waals surface area contributed by atoms with Crippen LogP contribution in [0.5, 0.6) is 0 Å². The molecular weight excluding hydrogens is 146 g/mol. The summed E-state index contributed by atoms with van der Waals surface area (Å²) in [7, 11) is 0. The van der Waals surface area contributed by atoms with Crippen LogP contribution >= 0.6 is 0 Å². The largest absolute Gasteiger partial charge is 0.389 e. The molecule has 0 aromatic rings. The van der Waals surface area contributed by atoms with Crippen molar-refractivity contribution in [3.05, 3.63) is 0 Å². The van der Waals surface area contributed by atoms with E-state index in [1.54, 1.807) is 13.8 Å². The van der Waals surface area contributed by atoms with Crippen molar-refractivity contribution in [2.24, 2.45) is 5.73 Å². The van der Waals surface area contributed by atoms with Crippen molar-refractivity contribution < 1.29 is 14.9 Å². The van der Waals surface area contributed by atoms with Gasteiger partial charge in [0.05, 0.1) is 30.5 Å². The van der Waals surface area contributed by atoms with Crippen molar-refractivity contribution in [3.63, 3.8) is 0 Å². The molecule has 0 bridgehead atoms. The normalized spacial score (nSPS) is 52.6. The van der Waals surface area contributed by atoms with Gasteiger partial charge in [-0.05, 0) is 13.8 Å². The number of aliphatic hydroxyl groups excluding tert-OH is 2. The Morgan fingerprint density at radius 3 is 1.82 bits per heavy atom. The lowest BCUT2D eigenvalue weighted by Crippen LogP contribution is -2.59. The molecule has 0 aliphatic carbocycles. The molecule has 1 heterocycles. The Kier molecular flexibility index (Phi) is 2.49. The molecule has 66 valence electrons. The van der Waals surface area contributed by atoms with E-state index in [9.17, 15) is 10.2 Å². The zero-order valence-electron chi connectivity index (χ0n) is 6.77. The van der Waals surface area contributed by atoms with Gasteiger partial charge in [0.1, 0.15) is 0 Å². The minimum atomic E-state index is -0.763. The average Bonchev–Trinajstić information content (AvgIpc) is 1.97. The maximum Gasteiger partial charge on any atom is 0.0975 e. The van der Waals surface area contributed by atoms with E-state index in [-0.39, 0.29) is 12.2 Å². The molecule has 0 aromatic heterocycles. The van der Waals surface area contributed by atoms with Gasteiger partial charge in [0, 0.05) is 0 Å². The van der Waals surface area contributed by atoms with Crippen LogP contribution in [0.3, 0.4) is 0 Å². The van der Waals surface area contributed by atoms with Gasteiger partial charge in [-0.3, -0.25) is 0 Å². The maximum absolute atomic E-state index is 9.32. The van der Waals surface area contributed by atoms with Crippen LogP contribution in [0, 0.1) is 0 Å². The van der Waals surface area contributed by atoms with Crippen molar-refractivity contribution >= 4 is 0 Å². The first-order chi connectivity index (χ1) is 5.04. The predicted octanol–water partition coefficient (Wildman–Crippen LogP) is -1.16. The summed E-state index contributed by atoms with van der Waals surface area (Å²) in [4.78, 5) is 0. The number of ether oxygens (including phenoxy) is 1. The van der Waals surface area contributed by atoms with E-state index < -0.39 is 18.2 Å². The molecule has 11 heavy (non-hydrogen) atoms. The fraction of sp³-hybridized carbons (Fsp3) is 1.00. The highest BCUT2D eigenvalue weighted by atomic mass is 16.5. The highest BCUT2D eigenvalue weighted by Crippen LogP contribution is 2.18. The van der Waals surface area contributed by atoms with Crippen LogP contribution in [0.25, 0.3) is 0 Å². The van der Waals surface area contributed by atoms with Crippen molar-refractivity contribution in [1.29, 1.82) is 0 Å². The highest BCUT2D eigenvalue weighted by molar-refractivity contribution is 4.91. The molecule has 1 aliphatic heterocycles. The average molecular weight is 161 g/mol. The van der Waals surface area contributed by atoms with Gasteiger partial charge in [0.2, 0.25) is 0 Å². The molecule has 0 radical (unpaired) electrons. The summed E-state index contributed by atoms with van der Waals surface area (Å²) in [6, 6.07) is -0.589. The van der Waals surface area contributed by atoms with Gasteiger partial charge in [0.15, 0.2) is 0 Å². The van der Waals surface area contributed by atoms with E-state index >= 15 is 0 Å². The van der Waals surface area contributed by atoms with Gasteiger partial charge < -0.3 is 20.7 Å². The molecule has 0 amide bonds. The van der Waals surface area contributed by atoms with Gasteiger partial charge in [-0.2, -0.15) is 0 Å². The number of nitrogens with two attached hydrogens (primary N) is 1. The SMILES string of the molecule is C[C@@H]1O[C@@H](C)[C@@H](O)C(N)[C@H]1O. The lowest BCUT2D eigenvalue weighted by Gasteiger charge is -2.38. The Labute approximate surface area is 66.0 Å². The number of hydrogen-bond acceptors (Lipinski definition) is 4. The van der Waals surface area contributed by atoms with Crippen molar-refractivity contribution in [2.75, 3.05) is 0 Å². The summed E-state index contributed by atoms with van der Waals surface area (Å²) in [5, 5.41) is 18.6. The molecule has 0 spiro atoms. The van der Waals surface area contributed by atoms with E-state index in [0.29, 0.717) is 0 Å². The molecule has 1 unspecified atom stereocenters. The van der Waals surface area contributed by atoms with Crippen LogP contribution < -0.4 is 5.73 Å². The number of hydrogen-bond donors (Lipinski definition) is 3. The predicted molar refractivity (Wildman–Crippen MR) is 40.0 cm³/mol. The second kappa shape index (κ2) is 3.06. The summed E-state index contributed by atoms with van der Waals surface area (Å²) in [5.74, 6) is 0. The first-order valence-corrected chi connectivity index (χ1v) is 3.81. The molecule has 4 N–H and O–H groups in total. The van der Waals surface area contributed by atoms with Gasteiger partial charge in [0.25, 0.3) is 0 Å². The second-order valence-corrected chi connectivity index (χ2v) is 3.10. The maximum atomic E-state index is 9.32. The molecule has 4 nitrogen and oxygen atoms in total. The quantitative estimate of drug-likeness (QED) is 0.419. The summed E-state index contributed by atoms with van der Waals surface area (Å²) in [6.07, 6.45) is -2.10. The van der Waals surface area contributed by atoms with Crippen LogP contribution in [0.4, 0.5) is 0 Å². The molecular formula is C7H15NO3. The van der Waals surface area contributed by atoms with Crippen LogP contribution in [0.1, 0.15) is 13.8 Å². The van der Waals surface area contributed by atoms with E-state index in [0.717, 1.165) is 0 Å². The number of rotatable bonds is 0. The monoisotopic (exact) mass is 161 g/mol. The van der Waals surface area contributed by atoms with Crippen LogP contribution in [-0.4, -0.2) is 40.7 Å². The zero-order valence-corrected chi connectivity index (χ0v) is 6.77. The van der Waals surface area contributed by atoms with Gasteiger partial charge in [-0.1, -0.05) is 0 Å². The third-order valence-corrected chi connectivity index (χ3v) is 2.18. The summed E-state index contributed by atoms with van der Waals surface area (Å²) in [6.45, 7) is 3.49. The fourth-order valence-electron chi connectivity index (χ4n) is 1.33. The van der Waals surface area contributed by atoms with Crippen molar-refractivity contribution in [1.82, 2.24) is 0 Å². The minimum absolute atomic E-state index is 0.289. The smallest absolute Gasteiger partial charge is 0.0975 e. The van der Waals surface area contributed by atoms with Gasteiger partial charge >= 0.3 is 0 Å². The molecule has 1 rings (SSSR count).